The molecule has 3 rings (SSSR count). The Morgan fingerprint density at radius 2 is 2.32 bits per heavy atom. The van der Waals surface area contributed by atoms with E-state index < -0.39 is 0 Å². The lowest BCUT2D eigenvalue weighted by Gasteiger charge is -2.04. The van der Waals surface area contributed by atoms with Crippen LogP contribution < -0.4 is 5.32 Å². The molecule has 0 bridgehead atoms. The molecular weight excluding hydrogens is 256 g/mol. The number of hydrogen-bond acceptors (Lipinski definition) is 4. The normalized spacial score (nSPS) is 11.2. The molecule has 0 saturated carbocycles. The van der Waals surface area contributed by atoms with Crippen molar-refractivity contribution in [3.63, 3.8) is 0 Å². The topological polar surface area (TPSA) is 42.2 Å². The molecule has 0 aliphatic heterocycles. The van der Waals surface area contributed by atoms with E-state index in [9.17, 15) is 0 Å². The minimum atomic E-state index is 0.825. The van der Waals surface area contributed by atoms with Crippen molar-refractivity contribution in [3.8, 4) is 0 Å². The lowest BCUT2D eigenvalue weighted by atomic mass is 10.2. The fourth-order valence-corrected chi connectivity index (χ4v) is 2.73. The molecular formula is C14H16N4S. The van der Waals surface area contributed by atoms with Crippen molar-refractivity contribution in [3.05, 3.63) is 52.1 Å². The number of aryl methyl sites for hydroxylation is 1. The van der Waals surface area contributed by atoms with E-state index in [1.807, 2.05) is 29.9 Å². The van der Waals surface area contributed by atoms with E-state index in [2.05, 4.69) is 32.2 Å². The van der Waals surface area contributed by atoms with Gasteiger partial charge in [0.2, 0.25) is 0 Å². The molecule has 19 heavy (non-hydrogen) atoms. The van der Waals surface area contributed by atoms with Crippen molar-refractivity contribution < 1.29 is 0 Å². The second-order valence-corrected chi connectivity index (χ2v) is 5.39. The van der Waals surface area contributed by atoms with Gasteiger partial charge in [-0.05, 0) is 42.3 Å². The molecule has 0 amide bonds. The maximum absolute atomic E-state index is 4.39. The zero-order chi connectivity index (χ0) is 13.1. The number of fused-ring (bicyclic) bond motifs is 1. The van der Waals surface area contributed by atoms with Crippen LogP contribution in [0, 0.1) is 6.92 Å². The van der Waals surface area contributed by atoms with Crippen LogP contribution in [0.3, 0.4) is 0 Å². The van der Waals surface area contributed by atoms with E-state index in [1.165, 1.54) is 5.56 Å². The molecule has 4 nitrogen and oxygen atoms in total. The van der Waals surface area contributed by atoms with E-state index in [0.717, 1.165) is 36.4 Å². The van der Waals surface area contributed by atoms with Gasteiger partial charge in [0.1, 0.15) is 0 Å². The minimum Gasteiger partial charge on any atom is -0.312 e. The lowest BCUT2D eigenvalue weighted by Crippen LogP contribution is -2.17. The molecule has 0 spiro atoms. The first-order chi connectivity index (χ1) is 9.31. The van der Waals surface area contributed by atoms with Gasteiger partial charge in [0.15, 0.2) is 5.65 Å². The molecule has 3 heterocycles. The van der Waals surface area contributed by atoms with Gasteiger partial charge in [0.25, 0.3) is 0 Å². The summed E-state index contributed by atoms with van der Waals surface area (Å²) in [5, 5.41) is 12.1. The van der Waals surface area contributed by atoms with Gasteiger partial charge in [0.05, 0.1) is 5.69 Å². The van der Waals surface area contributed by atoms with Gasteiger partial charge >= 0.3 is 0 Å². The van der Waals surface area contributed by atoms with Crippen molar-refractivity contribution in [1.82, 2.24) is 19.9 Å². The molecule has 3 aromatic rings. The summed E-state index contributed by atoms with van der Waals surface area (Å²) in [7, 11) is 0. The summed E-state index contributed by atoms with van der Waals surface area (Å²) in [6.45, 7) is 3.78. The van der Waals surface area contributed by atoms with E-state index in [4.69, 9.17) is 0 Å². The van der Waals surface area contributed by atoms with E-state index in [0.29, 0.717) is 0 Å². The Balaban J connectivity index is 1.56. The first kappa shape index (κ1) is 12.3. The van der Waals surface area contributed by atoms with Gasteiger partial charge in [-0.1, -0.05) is 0 Å². The van der Waals surface area contributed by atoms with Crippen LogP contribution in [0.15, 0.2) is 35.3 Å². The zero-order valence-corrected chi connectivity index (χ0v) is 11.7. The predicted molar refractivity (Wildman–Crippen MR) is 77.5 cm³/mol. The van der Waals surface area contributed by atoms with Crippen molar-refractivity contribution >= 4 is 17.0 Å². The highest BCUT2D eigenvalue weighted by Gasteiger charge is 2.00. The predicted octanol–water partition coefficient (Wildman–Crippen LogP) is 2.43. The summed E-state index contributed by atoms with van der Waals surface area (Å²) < 4.78 is 1.84. The number of rotatable bonds is 5. The monoisotopic (exact) mass is 272 g/mol. The minimum absolute atomic E-state index is 0.825. The highest BCUT2D eigenvalue weighted by molar-refractivity contribution is 7.07. The highest BCUT2D eigenvalue weighted by Crippen LogP contribution is 2.06. The third-order valence-electron chi connectivity index (χ3n) is 2.99. The Bertz CT molecular complexity index is 657. The average molecular weight is 272 g/mol. The number of hydrogen-bond donors (Lipinski definition) is 1. The lowest BCUT2D eigenvalue weighted by molar-refractivity contribution is 0.681. The smallest absolute Gasteiger partial charge is 0.155 e. The summed E-state index contributed by atoms with van der Waals surface area (Å²) in [4.78, 5) is 4.39. The molecule has 0 atom stereocenters. The van der Waals surface area contributed by atoms with Crippen LogP contribution in [0.1, 0.15) is 16.8 Å². The van der Waals surface area contributed by atoms with Crippen molar-refractivity contribution in [2.24, 2.45) is 0 Å². The number of thiophene rings is 1. The quantitative estimate of drug-likeness (QED) is 0.725. The van der Waals surface area contributed by atoms with Crippen molar-refractivity contribution in [2.45, 2.75) is 19.9 Å². The molecule has 5 heteroatoms. The molecule has 0 aromatic carbocycles. The zero-order valence-electron chi connectivity index (χ0n) is 10.8. The van der Waals surface area contributed by atoms with Gasteiger partial charge in [-0.25, -0.2) is 9.50 Å². The maximum Gasteiger partial charge on any atom is 0.155 e. The summed E-state index contributed by atoms with van der Waals surface area (Å²) in [6.07, 6.45) is 5.01. The molecule has 3 aromatic heterocycles. The fourth-order valence-electron chi connectivity index (χ4n) is 2.03. The Hall–Kier alpha value is -1.72. The van der Waals surface area contributed by atoms with Gasteiger partial charge in [-0.2, -0.15) is 16.4 Å². The van der Waals surface area contributed by atoms with Crippen LogP contribution in [0.2, 0.25) is 0 Å². The largest absolute Gasteiger partial charge is 0.312 e. The SMILES string of the molecule is Cc1cc2ncc(CNCCc3ccsc3)cn2n1. The van der Waals surface area contributed by atoms with Crippen LogP contribution >= 0.6 is 11.3 Å². The van der Waals surface area contributed by atoms with Crippen LogP contribution in [0.5, 0.6) is 0 Å². The van der Waals surface area contributed by atoms with E-state index in [-0.39, 0.29) is 0 Å². The standard InChI is InChI=1S/C14H16N4S/c1-11-6-14-16-8-13(9-18(14)17-11)7-15-4-2-12-3-5-19-10-12/h3,5-6,8-10,15H,2,4,7H2,1H3. The van der Waals surface area contributed by atoms with Crippen LogP contribution in [-0.2, 0) is 13.0 Å². The summed E-state index contributed by atoms with van der Waals surface area (Å²) in [5.74, 6) is 0. The average Bonchev–Trinajstić information content (AvgIpc) is 3.02. The van der Waals surface area contributed by atoms with Crippen LogP contribution in [0.4, 0.5) is 0 Å². The third kappa shape index (κ3) is 3.00. The third-order valence-corrected chi connectivity index (χ3v) is 3.72. The van der Waals surface area contributed by atoms with Gasteiger partial charge in [0, 0.05) is 30.6 Å². The maximum atomic E-state index is 4.39. The summed E-state index contributed by atoms with van der Waals surface area (Å²) in [6, 6.07) is 4.15. The van der Waals surface area contributed by atoms with Crippen molar-refractivity contribution in [2.75, 3.05) is 6.54 Å². The summed E-state index contributed by atoms with van der Waals surface area (Å²) >= 11 is 1.75. The Labute approximate surface area is 116 Å². The van der Waals surface area contributed by atoms with E-state index in [1.54, 1.807) is 11.3 Å². The highest BCUT2D eigenvalue weighted by atomic mass is 32.1. The Kier molecular flexibility index (Phi) is 3.57. The first-order valence-electron chi connectivity index (χ1n) is 6.34. The molecule has 98 valence electrons. The van der Waals surface area contributed by atoms with Crippen LogP contribution in [-0.4, -0.2) is 21.1 Å². The number of aromatic nitrogens is 3. The second-order valence-electron chi connectivity index (χ2n) is 4.61. The Morgan fingerprint density at radius 1 is 1.37 bits per heavy atom. The molecule has 0 aliphatic carbocycles. The van der Waals surface area contributed by atoms with Gasteiger partial charge in [-0.15, -0.1) is 0 Å². The first-order valence-corrected chi connectivity index (χ1v) is 7.28. The fraction of sp³-hybridized carbons (Fsp3) is 0.286. The number of nitrogens with zero attached hydrogens (tertiary/aromatic N) is 3. The molecule has 0 radical (unpaired) electrons. The van der Waals surface area contributed by atoms with Gasteiger partial charge in [-0.3, -0.25) is 0 Å². The summed E-state index contributed by atoms with van der Waals surface area (Å²) in [5.41, 5.74) is 4.45. The van der Waals surface area contributed by atoms with Crippen LogP contribution in [0.25, 0.3) is 5.65 Å². The molecule has 0 aliphatic rings. The van der Waals surface area contributed by atoms with Gasteiger partial charge < -0.3 is 5.32 Å². The molecule has 0 unspecified atom stereocenters. The van der Waals surface area contributed by atoms with Crippen molar-refractivity contribution in [1.29, 1.82) is 0 Å². The molecule has 0 saturated heterocycles. The second kappa shape index (κ2) is 5.50. The number of nitrogens with one attached hydrogen (secondary N) is 1. The van der Waals surface area contributed by atoms with E-state index >= 15 is 0 Å². The Morgan fingerprint density at radius 3 is 3.16 bits per heavy atom. The molecule has 0 fully saturated rings. The molecule has 1 N–H and O–H groups in total.